The topological polar surface area (TPSA) is 85.3 Å². The molecule has 0 saturated heterocycles. The molecule has 126 valence electrons. The zero-order valence-corrected chi connectivity index (χ0v) is 15.0. The molecule has 0 spiro atoms. The van der Waals surface area contributed by atoms with Gasteiger partial charge in [-0.1, -0.05) is 28.1 Å². The van der Waals surface area contributed by atoms with Crippen molar-refractivity contribution in [1.82, 2.24) is 0 Å². The van der Waals surface area contributed by atoms with Crippen molar-refractivity contribution >= 4 is 21.7 Å². The quantitative estimate of drug-likeness (QED) is 0.789. The number of hydrogen-bond donors (Lipinski definition) is 1. The standard InChI is InChI=1S/C19H15BrN2O3/c1-24-13-4-2-3-11(7-13)17(23)9-14-15-8-12(20)5-6-18(15)25-19(22)16(14)10-21/h2-8,14H,9,22H2,1H3. The van der Waals surface area contributed by atoms with E-state index in [1.54, 1.807) is 37.4 Å². The Balaban J connectivity index is 1.98. The lowest BCUT2D eigenvalue weighted by Crippen LogP contribution is -2.22. The van der Waals surface area contributed by atoms with Crippen LogP contribution in [0.5, 0.6) is 11.5 Å². The van der Waals surface area contributed by atoms with E-state index in [2.05, 4.69) is 22.0 Å². The maximum atomic E-state index is 12.8. The molecule has 0 aliphatic carbocycles. The zero-order valence-electron chi connectivity index (χ0n) is 13.5. The van der Waals surface area contributed by atoms with Crippen LogP contribution in [0.25, 0.3) is 0 Å². The molecule has 0 fully saturated rings. The molecule has 0 radical (unpaired) electrons. The highest BCUT2D eigenvalue weighted by atomic mass is 79.9. The third-order valence-electron chi connectivity index (χ3n) is 4.08. The van der Waals surface area contributed by atoms with Crippen LogP contribution in [0.1, 0.15) is 28.3 Å². The van der Waals surface area contributed by atoms with Gasteiger partial charge in [-0.3, -0.25) is 4.79 Å². The van der Waals surface area contributed by atoms with Crippen molar-refractivity contribution in [3.05, 3.63) is 69.5 Å². The molecule has 25 heavy (non-hydrogen) atoms. The van der Waals surface area contributed by atoms with E-state index >= 15 is 0 Å². The second-order valence-corrected chi connectivity index (χ2v) is 6.50. The van der Waals surface area contributed by atoms with Crippen LogP contribution >= 0.6 is 15.9 Å². The van der Waals surface area contributed by atoms with Gasteiger partial charge < -0.3 is 15.2 Å². The lowest BCUT2D eigenvalue weighted by Gasteiger charge is -2.25. The molecule has 6 heteroatoms. The number of hydrogen-bond acceptors (Lipinski definition) is 5. The number of nitriles is 1. The highest BCUT2D eigenvalue weighted by Crippen LogP contribution is 2.41. The van der Waals surface area contributed by atoms with Crippen molar-refractivity contribution in [1.29, 1.82) is 5.26 Å². The predicted octanol–water partition coefficient (Wildman–Crippen LogP) is 3.90. The molecule has 2 N–H and O–H groups in total. The molecule has 1 atom stereocenters. The molecule has 1 aliphatic heterocycles. The molecule has 5 nitrogen and oxygen atoms in total. The van der Waals surface area contributed by atoms with E-state index in [9.17, 15) is 10.1 Å². The Labute approximate surface area is 153 Å². The van der Waals surface area contributed by atoms with Crippen LogP contribution in [-0.4, -0.2) is 12.9 Å². The number of methoxy groups -OCH3 is 1. The summed E-state index contributed by atoms with van der Waals surface area (Å²) in [6, 6.07) is 14.5. The number of carbonyl (C=O) groups is 1. The lowest BCUT2D eigenvalue weighted by molar-refractivity contribution is 0.0976. The summed E-state index contributed by atoms with van der Waals surface area (Å²) in [6.45, 7) is 0. The van der Waals surface area contributed by atoms with Crippen LogP contribution in [0.2, 0.25) is 0 Å². The Bertz CT molecular complexity index is 915. The van der Waals surface area contributed by atoms with Crippen LogP contribution in [0.15, 0.2) is 58.4 Å². The van der Waals surface area contributed by atoms with Crippen LogP contribution < -0.4 is 15.2 Å². The van der Waals surface area contributed by atoms with Gasteiger partial charge in [0.25, 0.3) is 0 Å². The van der Waals surface area contributed by atoms with Crippen molar-refractivity contribution in [3.8, 4) is 17.6 Å². The summed E-state index contributed by atoms with van der Waals surface area (Å²) in [6.07, 6.45) is 0.115. The number of allylic oxidation sites excluding steroid dienone is 1. The summed E-state index contributed by atoms with van der Waals surface area (Å²) in [5.41, 5.74) is 7.44. The Morgan fingerprint density at radius 3 is 2.88 bits per heavy atom. The number of nitrogens with two attached hydrogens (primary N) is 1. The summed E-state index contributed by atoms with van der Waals surface area (Å²) >= 11 is 3.42. The molecular formula is C19H15BrN2O3. The van der Waals surface area contributed by atoms with Gasteiger partial charge in [-0.25, -0.2) is 0 Å². The average molecular weight is 399 g/mol. The van der Waals surface area contributed by atoms with Crippen molar-refractivity contribution in [2.45, 2.75) is 12.3 Å². The van der Waals surface area contributed by atoms with Crippen LogP contribution in [0, 0.1) is 11.3 Å². The molecule has 2 aromatic rings. The van der Waals surface area contributed by atoms with Gasteiger partial charge in [-0.2, -0.15) is 5.26 Å². The Kier molecular flexibility index (Phi) is 4.77. The van der Waals surface area contributed by atoms with E-state index in [1.807, 2.05) is 12.1 Å². The summed E-state index contributed by atoms with van der Waals surface area (Å²) < 4.78 is 11.5. The summed E-state index contributed by atoms with van der Waals surface area (Å²) in [5.74, 6) is 0.655. The number of fused-ring (bicyclic) bond motifs is 1. The molecule has 1 aliphatic rings. The number of rotatable bonds is 4. The van der Waals surface area contributed by atoms with E-state index in [0.717, 1.165) is 10.0 Å². The zero-order chi connectivity index (χ0) is 18.0. The minimum absolute atomic E-state index is 0.0424. The second kappa shape index (κ2) is 6.99. The Morgan fingerprint density at radius 2 is 2.16 bits per heavy atom. The van der Waals surface area contributed by atoms with Crippen molar-refractivity contribution < 1.29 is 14.3 Å². The van der Waals surface area contributed by atoms with Gasteiger partial charge in [0.05, 0.1) is 12.7 Å². The first-order valence-electron chi connectivity index (χ1n) is 7.57. The second-order valence-electron chi connectivity index (χ2n) is 5.59. The normalized spacial score (nSPS) is 15.8. The number of carbonyl (C=O) groups excluding carboxylic acids is 1. The molecule has 0 amide bonds. The predicted molar refractivity (Wildman–Crippen MR) is 96.3 cm³/mol. The van der Waals surface area contributed by atoms with Gasteiger partial charge >= 0.3 is 0 Å². The van der Waals surface area contributed by atoms with Gasteiger partial charge in [-0.05, 0) is 30.3 Å². The van der Waals surface area contributed by atoms with Crippen molar-refractivity contribution in [3.63, 3.8) is 0 Å². The summed E-state index contributed by atoms with van der Waals surface area (Å²) in [4.78, 5) is 12.8. The van der Waals surface area contributed by atoms with E-state index in [-0.39, 0.29) is 23.7 Å². The highest BCUT2D eigenvalue weighted by molar-refractivity contribution is 9.10. The van der Waals surface area contributed by atoms with Gasteiger partial charge in [-0.15, -0.1) is 0 Å². The molecule has 0 aromatic heterocycles. The number of benzene rings is 2. The first-order chi connectivity index (χ1) is 12.0. The fraction of sp³-hybridized carbons (Fsp3) is 0.158. The third-order valence-corrected chi connectivity index (χ3v) is 4.58. The first kappa shape index (κ1) is 17.1. The molecule has 2 aromatic carbocycles. The number of nitrogens with zero attached hydrogens (tertiary/aromatic N) is 1. The van der Waals surface area contributed by atoms with Gasteiger partial charge in [0.1, 0.15) is 17.6 Å². The van der Waals surface area contributed by atoms with E-state index < -0.39 is 5.92 Å². The van der Waals surface area contributed by atoms with Crippen molar-refractivity contribution in [2.24, 2.45) is 5.73 Å². The number of Topliss-reactive ketones (excluding diaryl/α,β-unsaturated/α-hetero) is 1. The number of halogens is 1. The molecule has 1 heterocycles. The minimum Gasteiger partial charge on any atom is -0.497 e. The van der Waals surface area contributed by atoms with E-state index in [4.69, 9.17) is 15.2 Å². The van der Waals surface area contributed by atoms with Crippen molar-refractivity contribution in [2.75, 3.05) is 7.11 Å². The van der Waals surface area contributed by atoms with Crippen LogP contribution in [-0.2, 0) is 0 Å². The van der Waals surface area contributed by atoms with E-state index in [1.165, 1.54) is 0 Å². The van der Waals surface area contributed by atoms with Gasteiger partial charge in [0.2, 0.25) is 5.88 Å². The van der Waals surface area contributed by atoms with Gasteiger partial charge in [0.15, 0.2) is 5.78 Å². The maximum Gasteiger partial charge on any atom is 0.205 e. The molecule has 0 saturated carbocycles. The first-order valence-corrected chi connectivity index (χ1v) is 8.37. The third kappa shape index (κ3) is 3.37. The SMILES string of the molecule is COc1cccc(C(=O)CC2C(C#N)=C(N)Oc3ccc(Br)cc32)c1. The monoisotopic (exact) mass is 398 g/mol. The fourth-order valence-electron chi connectivity index (χ4n) is 2.83. The lowest BCUT2D eigenvalue weighted by atomic mass is 9.84. The largest absolute Gasteiger partial charge is 0.497 e. The Morgan fingerprint density at radius 1 is 1.36 bits per heavy atom. The van der Waals surface area contributed by atoms with E-state index in [0.29, 0.717) is 17.1 Å². The summed E-state index contributed by atoms with van der Waals surface area (Å²) in [5, 5.41) is 9.48. The summed E-state index contributed by atoms with van der Waals surface area (Å²) in [7, 11) is 1.55. The minimum atomic E-state index is -0.454. The smallest absolute Gasteiger partial charge is 0.205 e. The average Bonchev–Trinajstić information content (AvgIpc) is 2.62. The molecular weight excluding hydrogens is 384 g/mol. The number of ether oxygens (including phenoxy) is 2. The van der Waals surface area contributed by atoms with Crippen LogP contribution in [0.3, 0.4) is 0 Å². The molecule has 0 bridgehead atoms. The number of ketones is 1. The maximum absolute atomic E-state index is 12.8. The van der Waals surface area contributed by atoms with Gasteiger partial charge in [0, 0.05) is 27.9 Å². The Hall–Kier alpha value is -2.78. The van der Waals surface area contributed by atoms with Crippen LogP contribution in [0.4, 0.5) is 0 Å². The molecule has 1 unspecified atom stereocenters. The molecule has 3 rings (SSSR count). The highest BCUT2D eigenvalue weighted by Gasteiger charge is 2.31. The fourth-order valence-corrected chi connectivity index (χ4v) is 3.21.